The first kappa shape index (κ1) is 21.3. The quantitative estimate of drug-likeness (QED) is 0.284. The van der Waals surface area contributed by atoms with Crippen molar-refractivity contribution < 1.29 is 69.6 Å². The van der Waals surface area contributed by atoms with Crippen molar-refractivity contribution in [1.82, 2.24) is 0 Å². The van der Waals surface area contributed by atoms with Crippen molar-refractivity contribution in [1.29, 1.82) is 0 Å². The molecule has 0 spiro atoms. The largest absolute Gasteiger partial charge is 0.564 e. The molecule has 0 aromatic heterocycles. The van der Waals surface area contributed by atoms with Crippen molar-refractivity contribution in [3.05, 3.63) is 0 Å². The minimum absolute atomic E-state index is 2.41. The zero-order valence-electron chi connectivity index (χ0n) is 8.66. The van der Waals surface area contributed by atoms with Crippen LogP contribution in [0.1, 0.15) is 0 Å². The van der Waals surface area contributed by atoms with Crippen LogP contribution in [0.25, 0.3) is 0 Å². The van der Waals surface area contributed by atoms with Gasteiger partial charge in [0.2, 0.25) is 0 Å². The molecule has 0 unspecified atom stereocenters. The second-order valence-corrected chi connectivity index (χ2v) is 6.82. The van der Waals surface area contributed by atoms with Crippen LogP contribution in [0.4, 0.5) is 33.6 Å². The van der Waals surface area contributed by atoms with Crippen LogP contribution in [0, 0.1) is 0 Å². The Bertz CT molecular complexity index is 449. The van der Waals surface area contributed by atoms with Crippen LogP contribution in [0.3, 0.4) is 0 Å². The maximum absolute atomic E-state index is 12.0. The Morgan fingerprint density at radius 2 is 0.619 bits per heavy atom. The molecule has 0 aromatic carbocycles. The molecule has 21 heavy (non-hydrogen) atoms. The van der Waals surface area contributed by atoms with Crippen LogP contribution in [0.2, 0.25) is 0 Å². The third-order valence-corrected chi connectivity index (χ3v) is 3.02. The molecule has 0 fully saturated rings. The third-order valence-electron chi connectivity index (χ3n) is 1.01. The van der Waals surface area contributed by atoms with Crippen molar-refractivity contribution in [3.8, 4) is 0 Å². The van der Waals surface area contributed by atoms with E-state index in [4.69, 9.17) is 0 Å². The molecule has 0 aliphatic carbocycles. The van der Waals surface area contributed by atoms with E-state index in [-0.39, 0.29) is 0 Å². The lowest BCUT2D eigenvalue weighted by Crippen LogP contribution is -2.43. The van der Waals surface area contributed by atoms with Gasteiger partial charge in [-0.2, -0.15) is 0 Å². The molecular weight excluding hydrogens is 415 g/mol. The molecule has 8 nitrogen and oxygen atoms in total. The molecule has 0 bridgehead atoms. The molecule has 0 N–H and O–H groups in total. The summed E-state index contributed by atoms with van der Waals surface area (Å²) < 4.78 is 146. The molecule has 0 radical (unpaired) electrons. The summed E-state index contributed by atoms with van der Waals surface area (Å²) in [5, 5.41) is 0. The number of hydrogen-bond donors (Lipinski definition) is 0. The van der Waals surface area contributed by atoms with Crippen LogP contribution in [0.5, 0.6) is 0 Å². The number of hydrogen-bond acceptors (Lipinski definition) is 8. The second-order valence-electron chi connectivity index (χ2n) is 2.66. The van der Waals surface area contributed by atoms with Gasteiger partial charge in [-0.25, -0.2) is 18.3 Å². The summed E-state index contributed by atoms with van der Waals surface area (Å²) in [4.78, 5) is 0. The minimum Gasteiger partial charge on any atom is -0.419 e. The molecule has 0 amide bonds. The van der Waals surface area contributed by atoms with Gasteiger partial charge in [0, 0.05) is 0 Å². The van der Waals surface area contributed by atoms with Gasteiger partial charge in [0.05, 0.1) is 0 Å². The smallest absolute Gasteiger partial charge is 0.419 e. The van der Waals surface area contributed by atoms with Crippen LogP contribution in [-0.4, -0.2) is 6.96 Å². The minimum atomic E-state index is -7.26. The molecule has 0 saturated carbocycles. The summed E-state index contributed by atoms with van der Waals surface area (Å²) in [6.45, 7) is -6.41. The zero-order chi connectivity index (χ0) is 17.3. The maximum atomic E-state index is 12.0. The Hall–Kier alpha value is 0.265. The van der Waals surface area contributed by atoms with E-state index in [0.717, 1.165) is 0 Å². The van der Waals surface area contributed by atoms with Gasteiger partial charge in [0.15, 0.2) is 0 Å². The van der Waals surface area contributed by atoms with Gasteiger partial charge < -0.3 is 17.8 Å². The summed E-state index contributed by atoms with van der Waals surface area (Å²) in [5.41, 5.74) is 0. The fourth-order valence-corrected chi connectivity index (χ4v) is 2.84. The van der Waals surface area contributed by atoms with Gasteiger partial charge in [0.25, 0.3) is 0 Å². The van der Waals surface area contributed by atoms with Crippen LogP contribution < -0.4 is 0 Å². The van der Waals surface area contributed by atoms with Crippen molar-refractivity contribution in [2.75, 3.05) is 0 Å². The highest BCUT2D eigenvalue weighted by atomic mass is 31.2. The summed E-state index contributed by atoms with van der Waals surface area (Å²) in [6.07, 6.45) is 0. The normalized spacial score (nSPS) is 15.2. The average Bonchev–Trinajstić information content (AvgIpc) is 1.83. The number of rotatable bonds is 8. The monoisotopic (exact) mass is 415 g/mol. The van der Waals surface area contributed by atoms with Crippen molar-refractivity contribution >= 4 is 38.9 Å². The van der Waals surface area contributed by atoms with E-state index >= 15 is 0 Å². The summed E-state index contributed by atoms with van der Waals surface area (Å²) >= 11 is 0. The highest BCUT2D eigenvalue weighted by molar-refractivity contribution is 7.55. The van der Waals surface area contributed by atoms with E-state index in [1.54, 1.807) is 0 Å². The fourth-order valence-electron chi connectivity index (χ4n) is 0.717. The first-order valence-corrected chi connectivity index (χ1v) is 9.38. The highest BCUT2D eigenvalue weighted by Gasteiger charge is 2.54. The predicted octanol–water partition coefficient (Wildman–Crippen LogP) is 5.68. The Kier molecular flexibility index (Phi) is 6.49. The molecule has 0 atom stereocenters. The molecule has 0 aromatic rings. The zero-order valence-corrected chi connectivity index (χ0v) is 12.2. The molecule has 128 valence electrons. The van der Waals surface area contributed by atoms with E-state index in [1.807, 2.05) is 0 Å². The Labute approximate surface area is 109 Å². The Morgan fingerprint density at radius 3 is 0.714 bits per heavy atom. The van der Waals surface area contributed by atoms with Crippen LogP contribution in [0.15, 0.2) is 0 Å². The van der Waals surface area contributed by atoms with Gasteiger partial charge in [-0.1, -0.05) is 0 Å². The molecule has 0 aliphatic rings. The molecule has 0 aliphatic heterocycles. The molecule has 0 heterocycles. The van der Waals surface area contributed by atoms with E-state index in [0.29, 0.717) is 0 Å². The lowest BCUT2D eigenvalue weighted by molar-refractivity contribution is 0.125. The third kappa shape index (κ3) is 11.5. The lowest BCUT2D eigenvalue weighted by atomic mass is 10.1. The van der Waals surface area contributed by atoms with Gasteiger partial charge in [-0.15, -0.1) is 33.6 Å². The Morgan fingerprint density at radius 1 is 0.476 bits per heavy atom. The van der Waals surface area contributed by atoms with Crippen molar-refractivity contribution in [2.45, 2.75) is 0 Å². The van der Waals surface area contributed by atoms with Crippen molar-refractivity contribution in [3.63, 3.8) is 0 Å². The van der Waals surface area contributed by atoms with Gasteiger partial charge >= 0.3 is 38.9 Å². The van der Waals surface area contributed by atoms with Gasteiger partial charge in [-0.3, -0.25) is 0 Å². The topological polar surface area (TPSA) is 105 Å². The first-order chi connectivity index (χ1) is 8.83. The molecule has 0 saturated heterocycles. The van der Waals surface area contributed by atoms with E-state index in [1.165, 1.54) is 0 Å². The molecule has 0 rings (SSSR count). The predicted molar refractivity (Wildman–Crippen MR) is 49.4 cm³/mol. The number of halogens is 8. The van der Waals surface area contributed by atoms with Gasteiger partial charge in [-0.05, 0) is 0 Å². The summed E-state index contributed by atoms with van der Waals surface area (Å²) in [7, 11) is -29.0. The first-order valence-electron chi connectivity index (χ1n) is 3.76. The SMILES string of the molecule is O=P(F)(F)O[B-](OP(=O)(F)F)(OP(=O)(F)F)OP(=O)(F)F. The van der Waals surface area contributed by atoms with Gasteiger partial charge in [0.1, 0.15) is 0 Å². The second kappa shape index (κ2) is 6.41. The lowest BCUT2D eigenvalue weighted by Gasteiger charge is -2.36. The molecule has 21 heteroatoms. The maximum Gasteiger partial charge on any atom is 0.564 e. The van der Waals surface area contributed by atoms with Crippen molar-refractivity contribution in [2.24, 2.45) is 0 Å². The van der Waals surface area contributed by atoms with Crippen LogP contribution >= 0.6 is 32.0 Å². The Balaban J connectivity index is 5.93. The van der Waals surface area contributed by atoms with E-state index in [2.05, 4.69) is 17.8 Å². The average molecular weight is 415 g/mol. The van der Waals surface area contributed by atoms with E-state index in [9.17, 15) is 51.8 Å². The fraction of sp³-hybridized carbons (Fsp3) is 0. The van der Waals surface area contributed by atoms with E-state index < -0.39 is 38.9 Å². The summed E-state index contributed by atoms with van der Waals surface area (Å²) in [5.74, 6) is 0. The highest BCUT2D eigenvalue weighted by Crippen LogP contribution is 2.67. The standard InChI is InChI=1S/BF8O8P4/c2-18(3,10)14-1(15-19(4,5)11,16-20(6,7)12)17-21(8,9)13/q-1. The molecular formula is BF8O8P4-. The van der Waals surface area contributed by atoms with Crippen LogP contribution in [-0.2, 0) is 36.0 Å². The summed E-state index contributed by atoms with van der Waals surface area (Å²) in [6, 6.07) is 0.